The average molecular weight is 213 g/mol. The summed E-state index contributed by atoms with van der Waals surface area (Å²) in [5.74, 6) is 0.965. The maximum absolute atomic E-state index is 5.05. The Labute approximate surface area is 94.8 Å². The highest BCUT2D eigenvalue weighted by atomic mass is 16.5. The molecule has 0 saturated heterocycles. The Balaban J connectivity index is 2.28. The van der Waals surface area contributed by atoms with Crippen molar-refractivity contribution in [1.82, 2.24) is 5.32 Å². The van der Waals surface area contributed by atoms with Gasteiger partial charge in [0.15, 0.2) is 0 Å². The van der Waals surface area contributed by atoms with E-state index in [2.05, 4.69) is 19.2 Å². The second-order valence-corrected chi connectivity index (χ2v) is 5.20. The zero-order valence-electron chi connectivity index (χ0n) is 10.6. The molecule has 0 amide bonds. The summed E-state index contributed by atoms with van der Waals surface area (Å²) in [5.41, 5.74) is 0.529. The van der Waals surface area contributed by atoms with Crippen LogP contribution in [0.5, 0.6) is 0 Å². The molecule has 0 aliphatic heterocycles. The van der Waals surface area contributed by atoms with Crippen molar-refractivity contribution in [3.05, 3.63) is 0 Å². The van der Waals surface area contributed by atoms with E-state index in [1.165, 1.54) is 32.1 Å². The highest BCUT2D eigenvalue weighted by Crippen LogP contribution is 2.44. The summed E-state index contributed by atoms with van der Waals surface area (Å²) in [6.45, 7) is 7.73. The number of hydrogen-bond acceptors (Lipinski definition) is 2. The van der Waals surface area contributed by atoms with Crippen LogP contribution in [0.3, 0.4) is 0 Å². The predicted octanol–water partition coefficient (Wildman–Crippen LogP) is 2.83. The fourth-order valence-electron chi connectivity index (χ4n) is 2.66. The van der Waals surface area contributed by atoms with Crippen molar-refractivity contribution < 1.29 is 4.74 Å². The standard InChI is InChI=1S/C13H27NO/c1-4-8-13(2,12-6-5-7-12)11-14-9-10-15-3/h12,14H,4-11H2,1-3H3. The molecule has 1 aliphatic carbocycles. The molecule has 2 heteroatoms. The van der Waals surface area contributed by atoms with Crippen LogP contribution in [0.4, 0.5) is 0 Å². The summed E-state index contributed by atoms with van der Waals surface area (Å²) < 4.78 is 5.05. The summed E-state index contributed by atoms with van der Waals surface area (Å²) >= 11 is 0. The van der Waals surface area contributed by atoms with E-state index in [0.717, 1.165) is 25.6 Å². The SMILES string of the molecule is CCCC(C)(CNCCOC)C1CCC1. The Hall–Kier alpha value is -0.0800. The topological polar surface area (TPSA) is 21.3 Å². The Morgan fingerprint density at radius 3 is 2.60 bits per heavy atom. The summed E-state index contributed by atoms with van der Waals surface area (Å²) in [5, 5.41) is 3.54. The second kappa shape index (κ2) is 6.49. The molecule has 0 aromatic carbocycles. The highest BCUT2D eigenvalue weighted by Gasteiger charge is 2.36. The predicted molar refractivity (Wildman–Crippen MR) is 65.1 cm³/mol. The summed E-state index contributed by atoms with van der Waals surface area (Å²) in [6.07, 6.45) is 7.00. The van der Waals surface area contributed by atoms with Crippen molar-refractivity contribution in [1.29, 1.82) is 0 Å². The van der Waals surface area contributed by atoms with E-state index in [4.69, 9.17) is 4.74 Å². The largest absolute Gasteiger partial charge is 0.383 e. The zero-order valence-corrected chi connectivity index (χ0v) is 10.6. The molecule has 1 rings (SSSR count). The fourth-order valence-corrected chi connectivity index (χ4v) is 2.66. The van der Waals surface area contributed by atoms with Crippen molar-refractivity contribution >= 4 is 0 Å². The molecule has 0 radical (unpaired) electrons. The van der Waals surface area contributed by atoms with Gasteiger partial charge in [-0.15, -0.1) is 0 Å². The molecule has 1 aliphatic rings. The Morgan fingerprint density at radius 1 is 1.40 bits per heavy atom. The molecule has 0 heterocycles. The summed E-state index contributed by atoms with van der Waals surface area (Å²) in [7, 11) is 1.76. The van der Waals surface area contributed by atoms with Gasteiger partial charge in [0.05, 0.1) is 6.61 Å². The minimum absolute atomic E-state index is 0.529. The van der Waals surface area contributed by atoms with Gasteiger partial charge >= 0.3 is 0 Å². The molecule has 1 fully saturated rings. The zero-order chi connectivity index (χ0) is 11.1. The molecular formula is C13H27NO. The minimum atomic E-state index is 0.529. The molecule has 1 unspecified atom stereocenters. The van der Waals surface area contributed by atoms with Gasteiger partial charge in [-0.3, -0.25) is 0 Å². The van der Waals surface area contributed by atoms with E-state index >= 15 is 0 Å². The Bertz CT molecular complexity index is 168. The number of methoxy groups -OCH3 is 1. The third-order valence-corrected chi connectivity index (χ3v) is 3.92. The van der Waals surface area contributed by atoms with Gasteiger partial charge in [0.1, 0.15) is 0 Å². The molecule has 15 heavy (non-hydrogen) atoms. The molecule has 0 aromatic rings. The average Bonchev–Trinajstić information content (AvgIpc) is 2.10. The summed E-state index contributed by atoms with van der Waals surface area (Å²) in [4.78, 5) is 0. The van der Waals surface area contributed by atoms with Gasteiger partial charge in [0.2, 0.25) is 0 Å². The van der Waals surface area contributed by atoms with Crippen LogP contribution >= 0.6 is 0 Å². The van der Waals surface area contributed by atoms with Crippen LogP contribution in [0.25, 0.3) is 0 Å². The quantitative estimate of drug-likeness (QED) is 0.626. The van der Waals surface area contributed by atoms with Crippen LogP contribution in [0.2, 0.25) is 0 Å². The van der Waals surface area contributed by atoms with Crippen LogP contribution in [0.1, 0.15) is 46.0 Å². The fraction of sp³-hybridized carbons (Fsp3) is 1.00. The molecule has 2 nitrogen and oxygen atoms in total. The number of hydrogen-bond donors (Lipinski definition) is 1. The molecule has 1 N–H and O–H groups in total. The molecule has 0 aromatic heterocycles. The van der Waals surface area contributed by atoms with Crippen molar-refractivity contribution in [2.45, 2.75) is 46.0 Å². The van der Waals surface area contributed by atoms with Crippen molar-refractivity contribution in [2.75, 3.05) is 26.8 Å². The third kappa shape index (κ3) is 3.76. The summed E-state index contributed by atoms with van der Waals surface area (Å²) in [6, 6.07) is 0. The first-order valence-corrected chi connectivity index (χ1v) is 6.42. The lowest BCUT2D eigenvalue weighted by atomic mass is 9.64. The van der Waals surface area contributed by atoms with Crippen LogP contribution in [-0.4, -0.2) is 26.8 Å². The lowest BCUT2D eigenvalue weighted by molar-refractivity contribution is 0.0859. The maximum Gasteiger partial charge on any atom is 0.0587 e. The van der Waals surface area contributed by atoms with Gasteiger partial charge in [0.25, 0.3) is 0 Å². The van der Waals surface area contributed by atoms with Crippen LogP contribution in [0, 0.1) is 11.3 Å². The van der Waals surface area contributed by atoms with Crippen LogP contribution < -0.4 is 5.32 Å². The van der Waals surface area contributed by atoms with Gasteiger partial charge in [0, 0.05) is 20.2 Å². The van der Waals surface area contributed by atoms with Gasteiger partial charge in [-0.05, 0) is 30.6 Å². The van der Waals surface area contributed by atoms with Gasteiger partial charge in [-0.1, -0.05) is 26.7 Å². The number of nitrogens with one attached hydrogen (secondary N) is 1. The van der Waals surface area contributed by atoms with Crippen molar-refractivity contribution in [3.63, 3.8) is 0 Å². The monoisotopic (exact) mass is 213 g/mol. The molecule has 90 valence electrons. The van der Waals surface area contributed by atoms with Crippen LogP contribution in [-0.2, 0) is 4.74 Å². The van der Waals surface area contributed by atoms with Crippen LogP contribution in [0.15, 0.2) is 0 Å². The molecule has 1 atom stereocenters. The van der Waals surface area contributed by atoms with E-state index < -0.39 is 0 Å². The Kier molecular flexibility index (Phi) is 5.62. The van der Waals surface area contributed by atoms with Gasteiger partial charge in [-0.25, -0.2) is 0 Å². The van der Waals surface area contributed by atoms with E-state index in [1.807, 2.05) is 0 Å². The maximum atomic E-state index is 5.05. The highest BCUT2D eigenvalue weighted by molar-refractivity contribution is 4.88. The van der Waals surface area contributed by atoms with E-state index in [0.29, 0.717) is 5.41 Å². The number of ether oxygens (including phenoxy) is 1. The lowest BCUT2D eigenvalue weighted by Crippen LogP contribution is -2.41. The number of rotatable bonds is 8. The first-order chi connectivity index (χ1) is 7.23. The molecule has 0 bridgehead atoms. The molecular weight excluding hydrogens is 186 g/mol. The van der Waals surface area contributed by atoms with Crippen molar-refractivity contribution in [2.24, 2.45) is 11.3 Å². The van der Waals surface area contributed by atoms with Gasteiger partial charge in [-0.2, -0.15) is 0 Å². The smallest absolute Gasteiger partial charge is 0.0587 e. The van der Waals surface area contributed by atoms with Crippen molar-refractivity contribution in [3.8, 4) is 0 Å². The van der Waals surface area contributed by atoms with E-state index in [9.17, 15) is 0 Å². The first kappa shape index (κ1) is 13.0. The van der Waals surface area contributed by atoms with E-state index in [-0.39, 0.29) is 0 Å². The first-order valence-electron chi connectivity index (χ1n) is 6.42. The Morgan fingerprint density at radius 2 is 2.13 bits per heavy atom. The third-order valence-electron chi connectivity index (χ3n) is 3.92. The van der Waals surface area contributed by atoms with E-state index in [1.54, 1.807) is 7.11 Å². The molecule has 0 spiro atoms. The normalized spacial score (nSPS) is 21.0. The second-order valence-electron chi connectivity index (χ2n) is 5.20. The molecule has 1 saturated carbocycles. The minimum Gasteiger partial charge on any atom is -0.383 e. The van der Waals surface area contributed by atoms with Gasteiger partial charge < -0.3 is 10.1 Å². The lowest BCUT2D eigenvalue weighted by Gasteiger charge is -2.43.